The number of ether oxygens (including phenoxy) is 1. The minimum Gasteiger partial charge on any atom is -0.396 e. The highest BCUT2D eigenvalue weighted by Gasteiger charge is 2.49. The molecule has 2 amide bonds. The molecule has 3 rings (SSSR count). The maximum atomic E-state index is 12.5. The second-order valence-electron chi connectivity index (χ2n) is 6.42. The van der Waals surface area contributed by atoms with Gasteiger partial charge in [0.05, 0.1) is 13.2 Å². The van der Waals surface area contributed by atoms with E-state index in [-0.39, 0.29) is 18.1 Å². The van der Waals surface area contributed by atoms with E-state index < -0.39 is 0 Å². The molecule has 5 nitrogen and oxygen atoms in total. The second-order valence-corrected chi connectivity index (χ2v) is 6.42. The van der Waals surface area contributed by atoms with Gasteiger partial charge in [-0.1, -0.05) is 19.1 Å². The van der Waals surface area contributed by atoms with Gasteiger partial charge in [0.25, 0.3) is 0 Å². The average molecular weight is 304 g/mol. The third-order valence-corrected chi connectivity index (χ3v) is 5.03. The quantitative estimate of drug-likeness (QED) is 0.899. The van der Waals surface area contributed by atoms with Crippen LogP contribution in [-0.4, -0.2) is 48.9 Å². The first-order chi connectivity index (χ1) is 10.7. The van der Waals surface area contributed by atoms with E-state index in [9.17, 15) is 9.90 Å². The highest BCUT2D eigenvalue weighted by molar-refractivity contribution is 5.89. The summed E-state index contributed by atoms with van der Waals surface area (Å²) in [7, 11) is 0. The van der Waals surface area contributed by atoms with Crippen LogP contribution < -0.4 is 5.32 Å². The van der Waals surface area contributed by atoms with Crippen molar-refractivity contribution in [2.45, 2.75) is 19.8 Å². The SMILES string of the molecule is CCc1ccc(NC(=O)N2C[C@@H]3CCOC[C@]3(CO)C2)cc1. The zero-order valence-electron chi connectivity index (χ0n) is 13.0. The van der Waals surface area contributed by atoms with Crippen molar-refractivity contribution in [1.29, 1.82) is 0 Å². The first-order valence-corrected chi connectivity index (χ1v) is 8.00. The van der Waals surface area contributed by atoms with Crippen LogP contribution in [0.3, 0.4) is 0 Å². The Kier molecular flexibility index (Phi) is 4.36. The number of nitrogens with zero attached hydrogens (tertiary/aromatic N) is 1. The smallest absolute Gasteiger partial charge is 0.321 e. The van der Waals surface area contributed by atoms with E-state index in [4.69, 9.17) is 4.74 Å². The summed E-state index contributed by atoms with van der Waals surface area (Å²) in [6.45, 7) is 4.71. The Bertz CT molecular complexity index is 531. The molecule has 0 spiro atoms. The van der Waals surface area contributed by atoms with E-state index in [0.29, 0.717) is 25.6 Å². The van der Waals surface area contributed by atoms with Crippen molar-refractivity contribution in [3.8, 4) is 0 Å². The van der Waals surface area contributed by atoms with Gasteiger partial charge in [-0.05, 0) is 36.5 Å². The van der Waals surface area contributed by atoms with Crippen molar-refractivity contribution in [1.82, 2.24) is 4.90 Å². The van der Waals surface area contributed by atoms with Gasteiger partial charge in [-0.25, -0.2) is 4.79 Å². The van der Waals surface area contributed by atoms with E-state index in [1.165, 1.54) is 5.56 Å². The molecule has 0 bridgehead atoms. The lowest BCUT2D eigenvalue weighted by atomic mass is 9.76. The number of carbonyl (C=O) groups is 1. The van der Waals surface area contributed by atoms with Gasteiger partial charge in [-0.2, -0.15) is 0 Å². The van der Waals surface area contributed by atoms with Crippen LogP contribution in [0.15, 0.2) is 24.3 Å². The third-order valence-electron chi connectivity index (χ3n) is 5.03. The zero-order chi connectivity index (χ0) is 15.6. The summed E-state index contributed by atoms with van der Waals surface area (Å²) in [6.07, 6.45) is 1.90. The number of hydrogen-bond donors (Lipinski definition) is 2. The minimum atomic E-state index is -0.276. The van der Waals surface area contributed by atoms with Gasteiger partial charge in [0, 0.05) is 30.8 Å². The van der Waals surface area contributed by atoms with Gasteiger partial charge in [-0.15, -0.1) is 0 Å². The van der Waals surface area contributed by atoms with Gasteiger partial charge < -0.3 is 20.1 Å². The normalized spacial score (nSPS) is 27.5. The zero-order valence-corrected chi connectivity index (χ0v) is 13.0. The first-order valence-electron chi connectivity index (χ1n) is 8.00. The van der Waals surface area contributed by atoms with E-state index in [1.807, 2.05) is 29.2 Å². The van der Waals surface area contributed by atoms with Crippen LogP contribution in [0, 0.1) is 11.3 Å². The first kappa shape index (κ1) is 15.3. The van der Waals surface area contributed by atoms with Crippen LogP contribution in [0.4, 0.5) is 10.5 Å². The molecule has 5 heteroatoms. The molecule has 1 aromatic carbocycles. The molecule has 2 atom stereocenters. The van der Waals surface area contributed by atoms with Crippen LogP contribution in [-0.2, 0) is 11.2 Å². The maximum Gasteiger partial charge on any atom is 0.321 e. The summed E-state index contributed by atoms with van der Waals surface area (Å²) in [5.74, 6) is 0.333. The van der Waals surface area contributed by atoms with Crippen LogP contribution in [0.25, 0.3) is 0 Å². The molecule has 22 heavy (non-hydrogen) atoms. The molecule has 2 saturated heterocycles. The number of amides is 2. The highest BCUT2D eigenvalue weighted by Crippen LogP contribution is 2.41. The fraction of sp³-hybridized carbons (Fsp3) is 0.588. The number of hydrogen-bond acceptors (Lipinski definition) is 3. The van der Waals surface area contributed by atoms with Gasteiger partial charge in [-0.3, -0.25) is 0 Å². The molecule has 0 aromatic heterocycles. The number of likely N-dealkylation sites (tertiary alicyclic amines) is 1. The van der Waals surface area contributed by atoms with Gasteiger partial charge in [0.15, 0.2) is 0 Å². The van der Waals surface area contributed by atoms with E-state index >= 15 is 0 Å². The molecule has 0 saturated carbocycles. The van der Waals surface area contributed by atoms with E-state index in [1.54, 1.807) is 0 Å². The maximum absolute atomic E-state index is 12.5. The Hall–Kier alpha value is -1.59. The predicted molar refractivity (Wildman–Crippen MR) is 84.9 cm³/mol. The largest absolute Gasteiger partial charge is 0.396 e. The number of anilines is 1. The van der Waals surface area contributed by atoms with E-state index in [2.05, 4.69) is 12.2 Å². The Labute approximate surface area is 131 Å². The van der Waals surface area contributed by atoms with Crippen molar-refractivity contribution >= 4 is 11.7 Å². The van der Waals surface area contributed by atoms with Crippen LogP contribution in [0.5, 0.6) is 0 Å². The molecule has 2 aliphatic heterocycles. The summed E-state index contributed by atoms with van der Waals surface area (Å²) in [5, 5.41) is 12.7. The van der Waals surface area contributed by atoms with Gasteiger partial charge >= 0.3 is 6.03 Å². The molecule has 120 valence electrons. The monoisotopic (exact) mass is 304 g/mol. The number of aliphatic hydroxyl groups excluding tert-OH is 1. The number of carbonyl (C=O) groups excluding carboxylic acids is 1. The van der Waals surface area contributed by atoms with Crippen LogP contribution in [0.2, 0.25) is 0 Å². The number of fused-ring (bicyclic) bond motifs is 1. The number of benzene rings is 1. The third kappa shape index (κ3) is 2.83. The molecule has 0 unspecified atom stereocenters. The Morgan fingerprint density at radius 1 is 1.45 bits per heavy atom. The molecular weight excluding hydrogens is 280 g/mol. The summed E-state index contributed by atoms with van der Waals surface area (Å²) in [4.78, 5) is 14.3. The Morgan fingerprint density at radius 3 is 2.86 bits per heavy atom. The lowest BCUT2D eigenvalue weighted by Crippen LogP contribution is -2.43. The second kappa shape index (κ2) is 6.26. The number of urea groups is 1. The van der Waals surface area contributed by atoms with Crippen molar-refractivity contribution in [3.05, 3.63) is 29.8 Å². The number of nitrogens with one attached hydrogen (secondary N) is 1. The Balaban J connectivity index is 1.65. The minimum absolute atomic E-state index is 0.0760. The molecule has 2 aliphatic rings. The van der Waals surface area contributed by atoms with Crippen LogP contribution in [0.1, 0.15) is 18.9 Å². The topological polar surface area (TPSA) is 61.8 Å². The molecule has 1 aromatic rings. The van der Waals surface area contributed by atoms with Crippen molar-refractivity contribution in [2.75, 3.05) is 38.2 Å². The summed E-state index contributed by atoms with van der Waals surface area (Å²) in [6, 6.07) is 7.84. The predicted octanol–water partition coefficient (Wildman–Crippen LogP) is 2.11. The molecular formula is C17H24N2O3. The van der Waals surface area contributed by atoms with Crippen molar-refractivity contribution < 1.29 is 14.6 Å². The average Bonchev–Trinajstić information content (AvgIpc) is 2.96. The Morgan fingerprint density at radius 2 is 2.23 bits per heavy atom. The molecule has 2 heterocycles. The molecule has 2 N–H and O–H groups in total. The van der Waals surface area contributed by atoms with Crippen LogP contribution >= 0.6 is 0 Å². The lowest BCUT2D eigenvalue weighted by Gasteiger charge is -2.36. The summed E-state index contributed by atoms with van der Waals surface area (Å²) in [5.41, 5.74) is 1.79. The number of aliphatic hydroxyl groups is 1. The molecule has 2 fully saturated rings. The van der Waals surface area contributed by atoms with Crippen molar-refractivity contribution in [2.24, 2.45) is 11.3 Å². The van der Waals surface area contributed by atoms with Gasteiger partial charge in [0.1, 0.15) is 0 Å². The van der Waals surface area contributed by atoms with Crippen molar-refractivity contribution in [3.63, 3.8) is 0 Å². The fourth-order valence-corrected chi connectivity index (χ4v) is 3.50. The highest BCUT2D eigenvalue weighted by atomic mass is 16.5. The summed E-state index contributed by atoms with van der Waals surface area (Å²) < 4.78 is 5.53. The summed E-state index contributed by atoms with van der Waals surface area (Å²) >= 11 is 0. The fourth-order valence-electron chi connectivity index (χ4n) is 3.50. The van der Waals surface area contributed by atoms with Gasteiger partial charge in [0.2, 0.25) is 0 Å². The molecule has 0 radical (unpaired) electrons. The lowest BCUT2D eigenvalue weighted by molar-refractivity contribution is -0.0555. The van der Waals surface area contributed by atoms with E-state index in [0.717, 1.165) is 25.1 Å². The number of aryl methyl sites for hydroxylation is 1. The standard InChI is InChI=1S/C17H24N2O3/c1-2-13-3-5-15(6-4-13)18-16(21)19-9-14-7-8-22-12-17(14,10-19)11-20/h3-6,14,20H,2,7-12H2,1H3,(H,18,21)/t14-,17+/m0/s1. The number of rotatable bonds is 3. The molecule has 0 aliphatic carbocycles.